The number of ether oxygens (including phenoxy) is 2. The van der Waals surface area contributed by atoms with Crippen LogP contribution >= 0.6 is 11.8 Å². The second kappa shape index (κ2) is 9.61. The molecule has 1 N–H and O–H groups in total. The van der Waals surface area contributed by atoms with Crippen molar-refractivity contribution in [3.05, 3.63) is 29.6 Å². The fraction of sp³-hybridized carbons (Fsp3) is 0.444. The molecule has 1 aliphatic rings. The Morgan fingerprint density at radius 2 is 2.07 bits per heavy atom. The Hall–Kier alpha value is -2.26. The third kappa shape index (κ3) is 5.86. The van der Waals surface area contributed by atoms with Crippen LogP contribution in [0.1, 0.15) is 36.5 Å². The zero-order chi connectivity index (χ0) is 20.0. The minimum Gasteiger partial charge on any atom is -0.494 e. The minimum absolute atomic E-state index is 0.0105. The standard InChI is InChI=1S/C18H20FNO6S/c1-10(21)27-15(9-16(22)26-18(24)13-4-3-7-20-13)17(23)11-5-6-14(25-2)12(19)8-11/h5-6,8,13,15,20H,3-4,7,9H2,1-2H3/t13-,15?/m0/s1. The van der Waals surface area contributed by atoms with Crippen molar-refractivity contribution in [2.24, 2.45) is 0 Å². The monoisotopic (exact) mass is 397 g/mol. The van der Waals surface area contributed by atoms with Gasteiger partial charge in [-0.2, -0.15) is 0 Å². The van der Waals surface area contributed by atoms with Gasteiger partial charge in [-0.25, -0.2) is 9.18 Å². The highest BCUT2D eigenvalue weighted by molar-refractivity contribution is 8.14. The van der Waals surface area contributed by atoms with E-state index >= 15 is 0 Å². The highest BCUT2D eigenvalue weighted by Gasteiger charge is 2.30. The summed E-state index contributed by atoms with van der Waals surface area (Å²) in [6.07, 6.45) is 0.898. The Morgan fingerprint density at radius 3 is 2.63 bits per heavy atom. The maximum Gasteiger partial charge on any atom is 0.330 e. The molecular formula is C18H20FNO6S. The zero-order valence-electron chi connectivity index (χ0n) is 15.0. The number of hydrogen-bond acceptors (Lipinski definition) is 8. The van der Waals surface area contributed by atoms with Crippen molar-refractivity contribution in [3.8, 4) is 5.75 Å². The summed E-state index contributed by atoms with van der Waals surface area (Å²) in [7, 11) is 1.29. The van der Waals surface area contributed by atoms with Gasteiger partial charge < -0.3 is 14.8 Å². The van der Waals surface area contributed by atoms with E-state index in [0.717, 1.165) is 12.5 Å². The largest absolute Gasteiger partial charge is 0.494 e. The van der Waals surface area contributed by atoms with Crippen molar-refractivity contribution in [2.45, 2.75) is 37.5 Å². The fourth-order valence-electron chi connectivity index (χ4n) is 2.66. The summed E-state index contributed by atoms with van der Waals surface area (Å²) in [6, 6.07) is 3.07. The predicted octanol–water partition coefficient (Wildman–Crippen LogP) is 1.88. The summed E-state index contributed by atoms with van der Waals surface area (Å²) in [5.74, 6) is -2.99. The number of thioether (sulfide) groups is 1. The molecule has 0 amide bonds. The maximum absolute atomic E-state index is 13.8. The highest BCUT2D eigenvalue weighted by Crippen LogP contribution is 2.24. The molecule has 2 atom stereocenters. The molecule has 27 heavy (non-hydrogen) atoms. The van der Waals surface area contributed by atoms with Gasteiger partial charge >= 0.3 is 11.9 Å². The van der Waals surface area contributed by atoms with Gasteiger partial charge in [0.25, 0.3) is 0 Å². The number of nitrogens with one attached hydrogen (secondary N) is 1. The topological polar surface area (TPSA) is 98.8 Å². The number of Topliss-reactive ketones (excluding diaryl/α,β-unsaturated/α-hetero) is 1. The lowest BCUT2D eigenvalue weighted by Crippen LogP contribution is -2.35. The molecule has 0 aromatic heterocycles. The molecule has 0 bridgehead atoms. The smallest absolute Gasteiger partial charge is 0.330 e. The first kappa shape index (κ1) is 21.0. The highest BCUT2D eigenvalue weighted by atomic mass is 32.2. The molecular weight excluding hydrogens is 377 g/mol. The number of hydrogen-bond donors (Lipinski definition) is 1. The molecule has 1 saturated heterocycles. The van der Waals surface area contributed by atoms with E-state index in [-0.39, 0.29) is 16.4 Å². The average molecular weight is 397 g/mol. The van der Waals surface area contributed by atoms with Crippen molar-refractivity contribution in [1.82, 2.24) is 5.32 Å². The minimum atomic E-state index is -1.12. The van der Waals surface area contributed by atoms with Crippen LogP contribution in [0.5, 0.6) is 5.75 Å². The number of rotatable bonds is 7. The van der Waals surface area contributed by atoms with Gasteiger partial charge in [-0.3, -0.25) is 14.4 Å². The molecule has 0 radical (unpaired) electrons. The van der Waals surface area contributed by atoms with Crippen LogP contribution in [0.3, 0.4) is 0 Å². The number of carbonyl (C=O) groups is 4. The van der Waals surface area contributed by atoms with Crippen LogP contribution in [0, 0.1) is 5.82 Å². The van der Waals surface area contributed by atoms with Gasteiger partial charge in [0.05, 0.1) is 18.8 Å². The van der Waals surface area contributed by atoms with E-state index in [4.69, 9.17) is 9.47 Å². The van der Waals surface area contributed by atoms with Crippen LogP contribution in [-0.2, 0) is 19.1 Å². The number of ketones is 1. The van der Waals surface area contributed by atoms with Crippen LogP contribution in [0.25, 0.3) is 0 Å². The molecule has 7 nitrogen and oxygen atoms in total. The molecule has 0 saturated carbocycles. The predicted molar refractivity (Wildman–Crippen MR) is 96.1 cm³/mol. The van der Waals surface area contributed by atoms with E-state index in [1.54, 1.807) is 0 Å². The first-order chi connectivity index (χ1) is 12.8. The van der Waals surface area contributed by atoms with E-state index in [9.17, 15) is 23.6 Å². The summed E-state index contributed by atoms with van der Waals surface area (Å²) in [6.45, 7) is 1.91. The van der Waals surface area contributed by atoms with Gasteiger partial charge in [0, 0.05) is 12.5 Å². The molecule has 1 fully saturated rings. The molecule has 0 aliphatic carbocycles. The quantitative estimate of drug-likeness (QED) is 0.423. The van der Waals surface area contributed by atoms with Crippen LogP contribution in [0.4, 0.5) is 4.39 Å². The third-order valence-corrected chi connectivity index (χ3v) is 4.95. The molecule has 1 heterocycles. The summed E-state index contributed by atoms with van der Waals surface area (Å²) < 4.78 is 23.4. The molecule has 1 aromatic carbocycles. The lowest BCUT2D eigenvalue weighted by Gasteiger charge is -2.14. The van der Waals surface area contributed by atoms with E-state index in [2.05, 4.69) is 5.32 Å². The molecule has 2 rings (SSSR count). The Morgan fingerprint density at radius 1 is 1.33 bits per heavy atom. The number of methoxy groups -OCH3 is 1. The number of carbonyl (C=O) groups excluding carboxylic acids is 4. The molecule has 1 unspecified atom stereocenters. The Kier molecular flexibility index (Phi) is 7.49. The van der Waals surface area contributed by atoms with Crippen molar-refractivity contribution in [2.75, 3.05) is 13.7 Å². The second-order valence-electron chi connectivity index (χ2n) is 5.96. The SMILES string of the molecule is COc1ccc(C(=O)C(CC(=O)OC(=O)[C@@H]2CCCN2)SC(C)=O)cc1F. The van der Waals surface area contributed by atoms with Gasteiger partial charge in [0.15, 0.2) is 22.5 Å². The lowest BCUT2D eigenvalue weighted by atomic mass is 10.1. The molecule has 1 aromatic rings. The van der Waals surface area contributed by atoms with E-state index in [1.807, 2.05) is 0 Å². The van der Waals surface area contributed by atoms with Crippen molar-refractivity contribution in [1.29, 1.82) is 0 Å². The van der Waals surface area contributed by atoms with Gasteiger partial charge in [0.1, 0.15) is 6.04 Å². The maximum atomic E-state index is 13.8. The summed E-state index contributed by atoms with van der Waals surface area (Å²) >= 11 is 0.636. The molecule has 1 aliphatic heterocycles. The van der Waals surface area contributed by atoms with Gasteiger partial charge in [-0.05, 0) is 37.6 Å². The van der Waals surface area contributed by atoms with E-state index in [1.165, 1.54) is 26.2 Å². The van der Waals surface area contributed by atoms with Crippen LogP contribution in [-0.4, -0.2) is 47.8 Å². The second-order valence-corrected chi connectivity index (χ2v) is 7.34. The van der Waals surface area contributed by atoms with Crippen LogP contribution < -0.4 is 10.1 Å². The molecule has 9 heteroatoms. The number of benzene rings is 1. The first-order valence-electron chi connectivity index (χ1n) is 8.34. The normalized spacial score (nSPS) is 17.2. The third-order valence-electron chi connectivity index (χ3n) is 3.95. The zero-order valence-corrected chi connectivity index (χ0v) is 15.8. The van der Waals surface area contributed by atoms with Crippen LogP contribution in [0.15, 0.2) is 18.2 Å². The summed E-state index contributed by atoms with van der Waals surface area (Å²) in [5.41, 5.74) is -0.0105. The summed E-state index contributed by atoms with van der Waals surface area (Å²) in [5, 5.41) is 1.40. The van der Waals surface area contributed by atoms with Crippen molar-refractivity contribution in [3.63, 3.8) is 0 Å². The van der Waals surface area contributed by atoms with Crippen LogP contribution in [0.2, 0.25) is 0 Å². The van der Waals surface area contributed by atoms with Crippen molar-refractivity contribution < 1.29 is 33.0 Å². The van der Waals surface area contributed by atoms with E-state index < -0.39 is 41.3 Å². The van der Waals surface area contributed by atoms with E-state index in [0.29, 0.717) is 24.7 Å². The summed E-state index contributed by atoms with van der Waals surface area (Å²) in [4.78, 5) is 48.0. The molecule has 0 spiro atoms. The Bertz CT molecular complexity index is 747. The number of esters is 2. The van der Waals surface area contributed by atoms with Gasteiger partial charge in [-0.1, -0.05) is 11.8 Å². The Labute approximate surface area is 160 Å². The van der Waals surface area contributed by atoms with Gasteiger partial charge in [-0.15, -0.1) is 0 Å². The lowest BCUT2D eigenvalue weighted by molar-refractivity contribution is -0.160. The Balaban J connectivity index is 2.08. The average Bonchev–Trinajstić information content (AvgIpc) is 3.14. The number of halogens is 1. The van der Waals surface area contributed by atoms with Crippen molar-refractivity contribution >= 4 is 34.6 Å². The fourth-order valence-corrected chi connectivity index (χ4v) is 3.52. The molecule has 146 valence electrons. The van der Waals surface area contributed by atoms with Gasteiger partial charge in [0.2, 0.25) is 0 Å². The first-order valence-corrected chi connectivity index (χ1v) is 9.22.